The monoisotopic (exact) mass is 338 g/mol. The van der Waals surface area contributed by atoms with Gasteiger partial charge in [-0.1, -0.05) is 24.3 Å². The minimum atomic E-state index is 0.156. The van der Waals surface area contributed by atoms with E-state index in [9.17, 15) is 4.79 Å². The Kier molecular flexibility index (Phi) is 4.83. The minimum Gasteiger partial charge on any atom is -0.348 e. The van der Waals surface area contributed by atoms with Crippen molar-refractivity contribution in [1.82, 2.24) is 20.4 Å². The molecule has 0 radical (unpaired) electrons. The highest BCUT2D eigenvalue weighted by Crippen LogP contribution is 2.30. The largest absolute Gasteiger partial charge is 0.348 e. The topological polar surface area (TPSA) is 61.0 Å². The molecule has 1 aliphatic carbocycles. The smallest absolute Gasteiger partial charge is 0.234 e. The number of aryl methyl sites for hydroxylation is 1. The molecule has 25 heavy (non-hydrogen) atoms. The fourth-order valence-corrected chi connectivity index (χ4v) is 4.26. The highest BCUT2D eigenvalue weighted by Gasteiger charge is 2.25. The van der Waals surface area contributed by atoms with E-state index in [0.29, 0.717) is 12.5 Å². The van der Waals surface area contributed by atoms with Crippen molar-refractivity contribution < 1.29 is 4.79 Å². The summed E-state index contributed by atoms with van der Waals surface area (Å²) in [5.41, 5.74) is 3.99. The third-order valence-electron chi connectivity index (χ3n) is 5.65. The van der Waals surface area contributed by atoms with Crippen LogP contribution in [-0.2, 0) is 11.2 Å². The normalized spacial score (nSPS) is 21.7. The lowest BCUT2D eigenvalue weighted by atomic mass is 9.87. The van der Waals surface area contributed by atoms with Gasteiger partial charge >= 0.3 is 0 Å². The van der Waals surface area contributed by atoms with E-state index in [4.69, 9.17) is 0 Å². The number of benzene rings is 1. The van der Waals surface area contributed by atoms with Crippen molar-refractivity contribution in [3.63, 3.8) is 0 Å². The van der Waals surface area contributed by atoms with Crippen LogP contribution in [0.5, 0.6) is 0 Å². The summed E-state index contributed by atoms with van der Waals surface area (Å²) in [5, 5.41) is 10.2. The van der Waals surface area contributed by atoms with Crippen LogP contribution in [0.1, 0.15) is 54.3 Å². The number of hydrogen-bond acceptors (Lipinski definition) is 3. The molecule has 1 aromatic heterocycles. The first-order valence-electron chi connectivity index (χ1n) is 9.38. The average molecular weight is 338 g/mol. The number of piperidine rings is 1. The van der Waals surface area contributed by atoms with E-state index >= 15 is 0 Å². The number of aromatic amines is 1. The lowest BCUT2D eigenvalue weighted by Gasteiger charge is -2.32. The van der Waals surface area contributed by atoms with Crippen molar-refractivity contribution in [3.8, 4) is 0 Å². The molecule has 1 aromatic carbocycles. The van der Waals surface area contributed by atoms with Gasteiger partial charge in [0.1, 0.15) is 0 Å². The predicted octanol–water partition coefficient (Wildman–Crippen LogP) is 2.78. The van der Waals surface area contributed by atoms with Gasteiger partial charge in [0, 0.05) is 6.20 Å². The van der Waals surface area contributed by atoms with Crippen LogP contribution in [0.3, 0.4) is 0 Å². The second-order valence-electron chi connectivity index (χ2n) is 7.29. The third-order valence-corrected chi connectivity index (χ3v) is 5.65. The molecule has 0 saturated carbocycles. The molecule has 1 saturated heterocycles. The summed E-state index contributed by atoms with van der Waals surface area (Å²) in [6.45, 7) is 2.46. The van der Waals surface area contributed by atoms with Crippen molar-refractivity contribution >= 4 is 5.91 Å². The maximum atomic E-state index is 12.5. The summed E-state index contributed by atoms with van der Waals surface area (Å²) in [6.07, 6.45) is 9.44. The Morgan fingerprint density at radius 2 is 2.08 bits per heavy atom. The zero-order valence-corrected chi connectivity index (χ0v) is 14.6. The molecule has 1 atom stereocenters. The minimum absolute atomic E-state index is 0.156. The Morgan fingerprint density at radius 1 is 1.24 bits per heavy atom. The van der Waals surface area contributed by atoms with Crippen molar-refractivity contribution in [3.05, 3.63) is 53.3 Å². The Hall–Kier alpha value is -2.14. The SMILES string of the molecule is O=C(CN1CCC(c2cn[nH]c2)CC1)N[C@H]1CCCc2ccccc21. The molecule has 132 valence electrons. The van der Waals surface area contributed by atoms with Crippen LogP contribution in [0, 0.1) is 0 Å². The van der Waals surface area contributed by atoms with Gasteiger partial charge in [0.2, 0.25) is 5.91 Å². The molecule has 2 aromatic rings. The molecule has 1 aliphatic heterocycles. The number of nitrogens with one attached hydrogen (secondary N) is 2. The summed E-state index contributed by atoms with van der Waals surface area (Å²) in [6, 6.07) is 8.70. The van der Waals surface area contributed by atoms with Gasteiger partial charge in [-0.2, -0.15) is 5.10 Å². The molecular formula is C20H26N4O. The van der Waals surface area contributed by atoms with Crippen LogP contribution >= 0.6 is 0 Å². The summed E-state index contributed by atoms with van der Waals surface area (Å²) in [7, 11) is 0. The molecular weight excluding hydrogens is 312 g/mol. The van der Waals surface area contributed by atoms with E-state index in [-0.39, 0.29) is 11.9 Å². The van der Waals surface area contributed by atoms with Gasteiger partial charge < -0.3 is 5.32 Å². The van der Waals surface area contributed by atoms with E-state index in [1.807, 2.05) is 12.4 Å². The fraction of sp³-hybridized carbons (Fsp3) is 0.500. The number of likely N-dealkylation sites (tertiary alicyclic amines) is 1. The van der Waals surface area contributed by atoms with E-state index in [1.54, 1.807) is 0 Å². The zero-order chi connectivity index (χ0) is 17.1. The van der Waals surface area contributed by atoms with Crippen LogP contribution in [0.25, 0.3) is 0 Å². The van der Waals surface area contributed by atoms with Crippen molar-refractivity contribution in [1.29, 1.82) is 0 Å². The van der Waals surface area contributed by atoms with Crippen molar-refractivity contribution in [2.24, 2.45) is 0 Å². The quantitative estimate of drug-likeness (QED) is 0.901. The fourth-order valence-electron chi connectivity index (χ4n) is 4.26. The molecule has 5 heteroatoms. The number of H-pyrrole nitrogens is 1. The first kappa shape index (κ1) is 16.3. The Balaban J connectivity index is 1.29. The second-order valence-corrected chi connectivity index (χ2v) is 7.29. The maximum Gasteiger partial charge on any atom is 0.234 e. The van der Waals surface area contributed by atoms with Crippen molar-refractivity contribution in [2.45, 2.75) is 44.1 Å². The molecule has 0 spiro atoms. The van der Waals surface area contributed by atoms with Crippen LogP contribution in [0.15, 0.2) is 36.7 Å². The molecule has 5 nitrogen and oxygen atoms in total. The number of nitrogens with zero attached hydrogens (tertiary/aromatic N) is 2. The molecule has 0 bridgehead atoms. The Bertz CT molecular complexity index is 704. The predicted molar refractivity (Wildman–Crippen MR) is 97.3 cm³/mol. The first-order valence-corrected chi connectivity index (χ1v) is 9.38. The van der Waals surface area contributed by atoms with E-state index in [1.165, 1.54) is 16.7 Å². The average Bonchev–Trinajstić information content (AvgIpc) is 3.17. The Morgan fingerprint density at radius 3 is 2.88 bits per heavy atom. The van der Waals surface area contributed by atoms with Crippen LogP contribution < -0.4 is 5.32 Å². The number of aromatic nitrogens is 2. The highest BCUT2D eigenvalue weighted by atomic mass is 16.2. The molecule has 1 fully saturated rings. The van der Waals surface area contributed by atoms with E-state index < -0.39 is 0 Å². The molecule has 2 heterocycles. The number of hydrogen-bond donors (Lipinski definition) is 2. The van der Waals surface area contributed by atoms with Crippen LogP contribution in [0.2, 0.25) is 0 Å². The Labute approximate surface area is 148 Å². The molecule has 2 aliphatic rings. The van der Waals surface area contributed by atoms with Gasteiger partial charge in [-0.3, -0.25) is 14.8 Å². The molecule has 2 N–H and O–H groups in total. The van der Waals surface area contributed by atoms with Gasteiger partial charge in [0.05, 0.1) is 18.8 Å². The van der Waals surface area contributed by atoms with E-state index in [0.717, 1.165) is 45.2 Å². The van der Waals surface area contributed by atoms with Crippen LogP contribution in [0.4, 0.5) is 0 Å². The third kappa shape index (κ3) is 3.76. The standard InChI is InChI=1S/C20H26N4O/c25-20(23-19-7-3-5-16-4-1-2-6-18(16)19)14-24-10-8-15(9-11-24)17-12-21-22-13-17/h1-2,4,6,12-13,15,19H,3,5,7-11,14H2,(H,21,22)(H,23,25)/t19-/m0/s1. The summed E-state index contributed by atoms with van der Waals surface area (Å²) < 4.78 is 0. The highest BCUT2D eigenvalue weighted by molar-refractivity contribution is 5.78. The lowest BCUT2D eigenvalue weighted by molar-refractivity contribution is -0.123. The maximum absolute atomic E-state index is 12.5. The van der Waals surface area contributed by atoms with E-state index in [2.05, 4.69) is 44.7 Å². The van der Waals surface area contributed by atoms with Gasteiger partial charge in [0.25, 0.3) is 0 Å². The van der Waals surface area contributed by atoms with Gasteiger partial charge in [-0.25, -0.2) is 0 Å². The van der Waals surface area contributed by atoms with Gasteiger partial charge in [0.15, 0.2) is 0 Å². The lowest BCUT2D eigenvalue weighted by Crippen LogP contribution is -2.42. The first-order chi connectivity index (χ1) is 12.3. The number of amides is 1. The summed E-state index contributed by atoms with van der Waals surface area (Å²) in [5.74, 6) is 0.728. The van der Waals surface area contributed by atoms with Gasteiger partial charge in [-0.15, -0.1) is 0 Å². The number of fused-ring (bicyclic) bond motifs is 1. The van der Waals surface area contributed by atoms with Crippen LogP contribution in [-0.4, -0.2) is 40.6 Å². The number of carbonyl (C=O) groups is 1. The summed E-state index contributed by atoms with van der Waals surface area (Å²) in [4.78, 5) is 14.8. The van der Waals surface area contributed by atoms with Crippen molar-refractivity contribution in [2.75, 3.05) is 19.6 Å². The van der Waals surface area contributed by atoms with Gasteiger partial charge in [-0.05, 0) is 67.8 Å². The number of carbonyl (C=O) groups excluding carboxylic acids is 1. The zero-order valence-electron chi connectivity index (χ0n) is 14.6. The second kappa shape index (κ2) is 7.40. The number of rotatable bonds is 4. The summed E-state index contributed by atoms with van der Waals surface area (Å²) >= 11 is 0. The molecule has 1 amide bonds. The molecule has 4 rings (SSSR count). The molecule has 0 unspecified atom stereocenters.